The number of aromatic nitrogens is 6. The Bertz CT molecular complexity index is 766. The first-order valence-corrected chi connectivity index (χ1v) is 8.14. The van der Waals surface area contributed by atoms with Crippen LogP contribution in [0.4, 0.5) is 5.13 Å². The fourth-order valence-electron chi connectivity index (χ4n) is 2.35. The number of aromatic amines is 1. The van der Waals surface area contributed by atoms with Gasteiger partial charge in [-0.1, -0.05) is 6.07 Å². The minimum Gasteiger partial charge on any atom is -0.381 e. The van der Waals surface area contributed by atoms with Gasteiger partial charge in [0.15, 0.2) is 5.82 Å². The van der Waals surface area contributed by atoms with Crippen LogP contribution < -0.4 is 5.32 Å². The quantitative estimate of drug-likeness (QED) is 0.736. The van der Waals surface area contributed by atoms with E-state index in [0.717, 1.165) is 35.5 Å². The molecule has 118 valence electrons. The Hall–Kier alpha value is -2.39. The lowest BCUT2D eigenvalue weighted by atomic mass is 10.1. The average molecular weight is 329 g/mol. The molecule has 1 saturated heterocycles. The summed E-state index contributed by atoms with van der Waals surface area (Å²) in [6, 6.07) is 5.65. The van der Waals surface area contributed by atoms with Crippen molar-refractivity contribution in [3.8, 4) is 11.5 Å². The van der Waals surface area contributed by atoms with Crippen LogP contribution in [0, 0.1) is 0 Å². The lowest BCUT2D eigenvalue weighted by Crippen LogP contribution is -2.03. The lowest BCUT2D eigenvalue weighted by Gasteiger charge is -2.00. The molecule has 1 fully saturated rings. The van der Waals surface area contributed by atoms with Gasteiger partial charge in [0.05, 0.1) is 13.2 Å². The van der Waals surface area contributed by atoms with Gasteiger partial charge in [0.25, 0.3) is 0 Å². The zero-order valence-electron chi connectivity index (χ0n) is 12.3. The highest BCUT2D eigenvalue weighted by Crippen LogP contribution is 2.25. The number of nitrogens with one attached hydrogen (secondary N) is 2. The summed E-state index contributed by atoms with van der Waals surface area (Å²) < 4.78 is 9.76. The molecule has 0 radical (unpaired) electrons. The third kappa shape index (κ3) is 3.20. The first kappa shape index (κ1) is 14.2. The summed E-state index contributed by atoms with van der Waals surface area (Å²) >= 11 is 1.36. The van der Waals surface area contributed by atoms with E-state index in [1.165, 1.54) is 11.5 Å². The molecule has 2 N–H and O–H groups in total. The molecule has 8 nitrogen and oxygen atoms in total. The van der Waals surface area contributed by atoms with Gasteiger partial charge in [-0.05, 0) is 18.6 Å². The standard InChI is InChI=1S/C14H15N7OS/c1-2-5-15-10(3-1)13-17-11(19-20-13)7-16-14-18-12(21-23-14)9-4-6-22-8-9/h1-3,5,9H,4,6-8H2,(H,16,18,21)(H,17,19,20). The molecule has 3 aromatic heterocycles. The van der Waals surface area contributed by atoms with Gasteiger partial charge in [-0.3, -0.25) is 10.1 Å². The van der Waals surface area contributed by atoms with Gasteiger partial charge in [-0.2, -0.15) is 9.47 Å². The highest BCUT2D eigenvalue weighted by Gasteiger charge is 2.22. The topological polar surface area (TPSA) is 102 Å². The molecule has 1 unspecified atom stereocenters. The van der Waals surface area contributed by atoms with Crippen LogP contribution in [-0.2, 0) is 11.3 Å². The molecular formula is C14H15N7OS. The Morgan fingerprint density at radius 1 is 1.35 bits per heavy atom. The first-order valence-electron chi connectivity index (χ1n) is 7.36. The number of anilines is 1. The van der Waals surface area contributed by atoms with Crippen molar-refractivity contribution in [1.82, 2.24) is 29.5 Å². The molecule has 1 aliphatic heterocycles. The van der Waals surface area contributed by atoms with E-state index in [1.54, 1.807) is 6.20 Å². The molecule has 0 bridgehead atoms. The van der Waals surface area contributed by atoms with Crippen molar-refractivity contribution >= 4 is 16.7 Å². The molecule has 4 rings (SSSR count). The molecule has 4 heterocycles. The van der Waals surface area contributed by atoms with Gasteiger partial charge >= 0.3 is 0 Å². The van der Waals surface area contributed by atoms with Gasteiger partial charge in [-0.25, -0.2) is 9.97 Å². The maximum absolute atomic E-state index is 5.37. The van der Waals surface area contributed by atoms with Crippen LogP contribution in [0.3, 0.4) is 0 Å². The normalized spacial score (nSPS) is 17.5. The number of rotatable bonds is 5. The highest BCUT2D eigenvalue weighted by atomic mass is 32.1. The van der Waals surface area contributed by atoms with E-state index in [-0.39, 0.29) is 0 Å². The van der Waals surface area contributed by atoms with Gasteiger partial charge in [-0.15, -0.1) is 0 Å². The minimum absolute atomic E-state index is 0.322. The van der Waals surface area contributed by atoms with Crippen molar-refractivity contribution in [2.75, 3.05) is 18.5 Å². The fourth-order valence-corrected chi connectivity index (χ4v) is 2.99. The van der Waals surface area contributed by atoms with Gasteiger partial charge in [0.1, 0.15) is 17.3 Å². The van der Waals surface area contributed by atoms with E-state index in [0.29, 0.717) is 24.9 Å². The van der Waals surface area contributed by atoms with Gasteiger partial charge in [0.2, 0.25) is 5.13 Å². The Balaban J connectivity index is 1.39. The van der Waals surface area contributed by atoms with Crippen LogP contribution in [0.2, 0.25) is 0 Å². The second-order valence-corrected chi connectivity index (χ2v) is 5.94. The Morgan fingerprint density at radius 3 is 3.17 bits per heavy atom. The first-order chi connectivity index (χ1) is 11.4. The van der Waals surface area contributed by atoms with Crippen molar-refractivity contribution in [3.05, 3.63) is 36.0 Å². The summed E-state index contributed by atoms with van der Waals surface area (Å²) in [6.07, 6.45) is 2.71. The highest BCUT2D eigenvalue weighted by molar-refractivity contribution is 7.09. The molecule has 1 aliphatic rings. The van der Waals surface area contributed by atoms with E-state index in [4.69, 9.17) is 4.74 Å². The molecule has 0 saturated carbocycles. The second kappa shape index (κ2) is 6.39. The largest absolute Gasteiger partial charge is 0.381 e. The Labute approximate surface area is 136 Å². The van der Waals surface area contributed by atoms with Crippen molar-refractivity contribution < 1.29 is 4.74 Å². The van der Waals surface area contributed by atoms with Crippen LogP contribution in [0.5, 0.6) is 0 Å². The summed E-state index contributed by atoms with van der Waals surface area (Å²) in [6.45, 7) is 2.02. The van der Waals surface area contributed by atoms with Crippen LogP contribution >= 0.6 is 11.5 Å². The third-order valence-corrected chi connectivity index (χ3v) is 4.26. The molecule has 3 aromatic rings. The number of nitrogens with zero attached hydrogens (tertiary/aromatic N) is 5. The molecule has 9 heteroatoms. The zero-order chi connectivity index (χ0) is 15.5. The number of hydrogen-bond acceptors (Lipinski definition) is 8. The Kier molecular flexibility index (Phi) is 3.95. The second-order valence-electron chi connectivity index (χ2n) is 5.19. The van der Waals surface area contributed by atoms with Crippen LogP contribution in [0.1, 0.15) is 24.0 Å². The molecule has 0 amide bonds. The summed E-state index contributed by atoms with van der Waals surface area (Å²) in [5.41, 5.74) is 0.745. The summed E-state index contributed by atoms with van der Waals surface area (Å²) in [5.74, 6) is 2.50. The van der Waals surface area contributed by atoms with Crippen molar-refractivity contribution in [2.45, 2.75) is 18.9 Å². The number of pyridine rings is 1. The van der Waals surface area contributed by atoms with E-state index in [2.05, 4.69) is 34.8 Å². The number of ether oxygens (including phenoxy) is 1. The SMILES string of the molecule is c1ccc(-c2n[nH]c(CNc3nc(C4CCOC4)ns3)n2)nc1. The minimum atomic E-state index is 0.322. The van der Waals surface area contributed by atoms with E-state index in [9.17, 15) is 0 Å². The van der Waals surface area contributed by atoms with Crippen molar-refractivity contribution in [1.29, 1.82) is 0 Å². The summed E-state index contributed by atoms with van der Waals surface area (Å²) in [7, 11) is 0. The molecule has 0 aliphatic carbocycles. The zero-order valence-corrected chi connectivity index (χ0v) is 13.1. The maximum Gasteiger partial charge on any atom is 0.202 e. The van der Waals surface area contributed by atoms with Crippen molar-refractivity contribution in [3.63, 3.8) is 0 Å². The van der Waals surface area contributed by atoms with Gasteiger partial charge < -0.3 is 10.1 Å². The lowest BCUT2D eigenvalue weighted by molar-refractivity contribution is 0.193. The molecular weight excluding hydrogens is 314 g/mol. The van der Waals surface area contributed by atoms with Crippen LogP contribution in [-0.4, -0.2) is 42.7 Å². The van der Waals surface area contributed by atoms with Gasteiger partial charge in [0, 0.05) is 30.3 Å². The van der Waals surface area contributed by atoms with Crippen molar-refractivity contribution in [2.24, 2.45) is 0 Å². The molecule has 23 heavy (non-hydrogen) atoms. The summed E-state index contributed by atoms with van der Waals surface area (Å²) in [4.78, 5) is 13.2. The third-order valence-electron chi connectivity index (χ3n) is 3.57. The Morgan fingerprint density at radius 2 is 2.35 bits per heavy atom. The predicted molar refractivity (Wildman–Crippen MR) is 85.0 cm³/mol. The fraction of sp³-hybridized carbons (Fsp3) is 0.357. The molecule has 0 spiro atoms. The number of hydrogen-bond donors (Lipinski definition) is 2. The van der Waals surface area contributed by atoms with E-state index in [1.807, 2.05) is 18.2 Å². The number of H-pyrrole nitrogens is 1. The average Bonchev–Trinajstić information content (AvgIpc) is 3.33. The van der Waals surface area contributed by atoms with E-state index >= 15 is 0 Å². The monoisotopic (exact) mass is 329 g/mol. The predicted octanol–water partition coefficient (Wildman–Crippen LogP) is 1.83. The molecule has 1 atom stereocenters. The van der Waals surface area contributed by atoms with Crippen LogP contribution in [0.25, 0.3) is 11.5 Å². The molecule has 0 aromatic carbocycles. The van der Waals surface area contributed by atoms with Crippen LogP contribution in [0.15, 0.2) is 24.4 Å². The smallest absolute Gasteiger partial charge is 0.202 e. The summed E-state index contributed by atoms with van der Waals surface area (Å²) in [5, 5.41) is 11.1. The van der Waals surface area contributed by atoms with E-state index < -0.39 is 0 Å². The maximum atomic E-state index is 5.37.